The van der Waals surface area contributed by atoms with E-state index >= 15 is 0 Å². The molecule has 0 unspecified atom stereocenters. The van der Waals surface area contributed by atoms with Gasteiger partial charge in [-0.1, -0.05) is 36.4 Å². The van der Waals surface area contributed by atoms with Gasteiger partial charge in [0.05, 0.1) is 5.39 Å². The fourth-order valence-electron chi connectivity index (χ4n) is 2.68. The number of H-pyrrole nitrogens is 1. The van der Waals surface area contributed by atoms with E-state index in [4.69, 9.17) is 10.5 Å². The first-order chi connectivity index (χ1) is 13.2. The molecule has 0 aliphatic carbocycles. The number of carbonyl (C=O) groups excluding carboxylic acids is 1. The zero-order valence-electron chi connectivity index (χ0n) is 14.2. The predicted octanol–water partition coefficient (Wildman–Crippen LogP) is 4.86. The van der Waals surface area contributed by atoms with Crippen LogP contribution in [0.1, 0.15) is 10.5 Å². The second-order valence-corrected chi connectivity index (χ2v) is 5.70. The third kappa shape index (κ3) is 3.38. The molecule has 27 heavy (non-hydrogen) atoms. The summed E-state index contributed by atoms with van der Waals surface area (Å²) in [6, 6.07) is 19.9. The second-order valence-electron chi connectivity index (χ2n) is 5.70. The van der Waals surface area contributed by atoms with Crippen LogP contribution in [0.5, 0.6) is 11.5 Å². The molecule has 0 radical (unpaired) electrons. The topological polar surface area (TPSA) is 106 Å². The molecular formula is C20H15N5O2. The number of nitrogens with one attached hydrogen (secondary N) is 1. The molecule has 1 amide bonds. The monoisotopic (exact) mass is 357 g/mol. The molecule has 7 nitrogen and oxygen atoms in total. The molecule has 132 valence electrons. The Kier molecular flexibility index (Phi) is 4.32. The molecule has 3 N–H and O–H groups in total. The predicted molar refractivity (Wildman–Crippen MR) is 102 cm³/mol. The molecule has 0 aliphatic heterocycles. The number of carbonyl (C=O) groups is 1. The Hall–Kier alpha value is -4.00. The number of hydrogen-bond donors (Lipinski definition) is 2. The fourth-order valence-corrected chi connectivity index (χ4v) is 2.68. The Morgan fingerprint density at radius 3 is 2.59 bits per heavy atom. The third-order valence-corrected chi connectivity index (χ3v) is 3.90. The number of azo groups is 1. The normalized spacial score (nSPS) is 11.1. The van der Waals surface area contributed by atoms with Crippen LogP contribution >= 0.6 is 0 Å². The standard InChI is InChI=1S/C20H15N5O2/c21-18-17-14(9-6-11-16(17)27-13-7-2-1-3-8-13)19(23-18)24-25-20(26)15-10-4-5-12-22-15/h1-12,23H,21H2. The molecule has 7 heteroatoms. The van der Waals surface area contributed by atoms with E-state index in [-0.39, 0.29) is 5.69 Å². The van der Waals surface area contributed by atoms with Gasteiger partial charge in [0, 0.05) is 11.6 Å². The fraction of sp³-hybridized carbons (Fsp3) is 0. The van der Waals surface area contributed by atoms with E-state index in [9.17, 15) is 4.79 Å². The largest absolute Gasteiger partial charge is 0.457 e. The van der Waals surface area contributed by atoms with Crippen molar-refractivity contribution in [1.82, 2.24) is 9.97 Å². The highest BCUT2D eigenvalue weighted by Crippen LogP contribution is 2.38. The molecule has 0 atom stereocenters. The molecule has 0 spiro atoms. The van der Waals surface area contributed by atoms with Crippen molar-refractivity contribution in [1.29, 1.82) is 0 Å². The number of aromatic amines is 1. The Balaban J connectivity index is 1.68. The maximum atomic E-state index is 12.1. The summed E-state index contributed by atoms with van der Waals surface area (Å²) in [5.41, 5.74) is 6.34. The first-order valence-electron chi connectivity index (χ1n) is 8.22. The molecule has 0 saturated carbocycles. The second kappa shape index (κ2) is 7.09. The van der Waals surface area contributed by atoms with Crippen molar-refractivity contribution in [2.45, 2.75) is 0 Å². The number of fused-ring (bicyclic) bond motifs is 1. The average Bonchev–Trinajstić information content (AvgIpc) is 3.04. The van der Waals surface area contributed by atoms with Gasteiger partial charge in [-0.2, -0.15) is 0 Å². The number of ether oxygens (including phenoxy) is 1. The Morgan fingerprint density at radius 2 is 1.81 bits per heavy atom. The van der Waals surface area contributed by atoms with Gasteiger partial charge in [0.25, 0.3) is 0 Å². The van der Waals surface area contributed by atoms with Gasteiger partial charge in [0.15, 0.2) is 5.82 Å². The van der Waals surface area contributed by atoms with E-state index < -0.39 is 5.91 Å². The first-order valence-corrected chi connectivity index (χ1v) is 8.22. The van der Waals surface area contributed by atoms with E-state index in [0.717, 1.165) is 0 Å². The molecule has 2 heterocycles. The molecule has 2 aromatic heterocycles. The number of nitrogens with two attached hydrogens (primary N) is 1. The van der Waals surface area contributed by atoms with Gasteiger partial charge in [-0.25, -0.2) is 0 Å². The maximum Gasteiger partial charge on any atom is 0.313 e. The molecule has 2 aromatic carbocycles. The molecule has 4 rings (SSSR count). The zero-order valence-corrected chi connectivity index (χ0v) is 14.2. The molecular weight excluding hydrogens is 342 g/mol. The summed E-state index contributed by atoms with van der Waals surface area (Å²) in [5, 5.41) is 9.15. The summed E-state index contributed by atoms with van der Waals surface area (Å²) in [5.74, 6) is 1.51. The summed E-state index contributed by atoms with van der Waals surface area (Å²) >= 11 is 0. The van der Waals surface area contributed by atoms with Gasteiger partial charge >= 0.3 is 5.91 Å². The van der Waals surface area contributed by atoms with Crippen LogP contribution < -0.4 is 10.5 Å². The number of benzene rings is 2. The number of para-hydroxylation sites is 1. The number of aromatic nitrogens is 2. The first kappa shape index (κ1) is 16.5. The molecule has 4 aromatic rings. The minimum Gasteiger partial charge on any atom is -0.457 e. The van der Waals surface area contributed by atoms with Crippen LogP contribution in [0.15, 0.2) is 83.2 Å². The zero-order chi connectivity index (χ0) is 18.6. The number of nitrogen functional groups attached to an aromatic ring is 1. The Labute approximate surface area is 154 Å². The van der Waals surface area contributed by atoms with E-state index in [1.807, 2.05) is 48.5 Å². The van der Waals surface area contributed by atoms with Crippen molar-refractivity contribution < 1.29 is 9.53 Å². The lowest BCUT2D eigenvalue weighted by atomic mass is 10.2. The smallest absolute Gasteiger partial charge is 0.313 e. The van der Waals surface area contributed by atoms with E-state index in [2.05, 4.69) is 20.2 Å². The van der Waals surface area contributed by atoms with Crippen molar-refractivity contribution in [3.05, 3.63) is 78.6 Å². The Morgan fingerprint density at radius 1 is 1.00 bits per heavy atom. The minimum absolute atomic E-state index is 0.221. The average molecular weight is 357 g/mol. The molecule has 0 fully saturated rings. The van der Waals surface area contributed by atoms with Crippen molar-refractivity contribution in [2.24, 2.45) is 10.2 Å². The number of amides is 1. The van der Waals surface area contributed by atoms with Gasteiger partial charge in [-0.15, -0.1) is 10.2 Å². The summed E-state index contributed by atoms with van der Waals surface area (Å²) in [6.45, 7) is 0. The van der Waals surface area contributed by atoms with E-state index in [1.165, 1.54) is 6.20 Å². The highest BCUT2D eigenvalue weighted by atomic mass is 16.5. The number of pyridine rings is 1. The van der Waals surface area contributed by atoms with Crippen molar-refractivity contribution >= 4 is 28.3 Å². The Bertz CT molecular complexity index is 1120. The highest BCUT2D eigenvalue weighted by molar-refractivity contribution is 6.04. The van der Waals surface area contributed by atoms with Crippen molar-refractivity contribution in [3.63, 3.8) is 0 Å². The molecule has 0 saturated heterocycles. The quantitative estimate of drug-likeness (QED) is 0.509. The van der Waals surface area contributed by atoms with Crippen LogP contribution in [-0.2, 0) is 0 Å². The third-order valence-electron chi connectivity index (χ3n) is 3.90. The number of rotatable bonds is 4. The molecule has 0 aliphatic rings. The lowest BCUT2D eigenvalue weighted by Crippen LogP contribution is -1.96. The summed E-state index contributed by atoms with van der Waals surface area (Å²) in [6.07, 6.45) is 1.53. The van der Waals surface area contributed by atoms with Crippen LogP contribution in [0.25, 0.3) is 10.8 Å². The number of nitrogens with zero attached hydrogens (tertiary/aromatic N) is 3. The molecule has 0 bridgehead atoms. The lowest BCUT2D eigenvalue weighted by molar-refractivity contribution is 0.0990. The van der Waals surface area contributed by atoms with E-state index in [1.54, 1.807) is 18.2 Å². The van der Waals surface area contributed by atoms with Crippen LogP contribution in [0, 0.1) is 0 Å². The van der Waals surface area contributed by atoms with E-state index in [0.29, 0.717) is 33.9 Å². The van der Waals surface area contributed by atoms with Crippen LogP contribution in [0.2, 0.25) is 0 Å². The van der Waals surface area contributed by atoms with Gasteiger partial charge in [-0.3, -0.25) is 9.78 Å². The lowest BCUT2D eigenvalue weighted by Gasteiger charge is -2.07. The van der Waals surface area contributed by atoms with Gasteiger partial charge < -0.3 is 15.5 Å². The SMILES string of the molecule is Nc1[nH]c(N=NC(=O)c2ccccn2)c2cccc(Oc3ccccc3)c12. The minimum atomic E-state index is -0.534. The van der Waals surface area contributed by atoms with Gasteiger partial charge in [0.1, 0.15) is 23.0 Å². The highest BCUT2D eigenvalue weighted by Gasteiger charge is 2.14. The van der Waals surface area contributed by atoms with Crippen LogP contribution in [0.4, 0.5) is 11.6 Å². The number of anilines is 1. The van der Waals surface area contributed by atoms with Crippen LogP contribution in [-0.4, -0.2) is 15.9 Å². The van der Waals surface area contributed by atoms with Gasteiger partial charge in [0.2, 0.25) is 0 Å². The maximum absolute atomic E-state index is 12.1. The number of hydrogen-bond acceptors (Lipinski definition) is 5. The summed E-state index contributed by atoms with van der Waals surface area (Å²) < 4.78 is 5.93. The van der Waals surface area contributed by atoms with Crippen molar-refractivity contribution in [3.8, 4) is 11.5 Å². The summed E-state index contributed by atoms with van der Waals surface area (Å²) in [4.78, 5) is 19.0. The van der Waals surface area contributed by atoms with Crippen molar-refractivity contribution in [2.75, 3.05) is 5.73 Å². The van der Waals surface area contributed by atoms with Gasteiger partial charge in [-0.05, 0) is 30.3 Å². The van der Waals surface area contributed by atoms with Crippen LogP contribution in [0.3, 0.4) is 0 Å². The summed E-state index contributed by atoms with van der Waals surface area (Å²) in [7, 11) is 0.